The molecular weight excluding hydrogens is 399 g/mol. The van der Waals surface area contributed by atoms with Crippen LogP contribution in [-0.4, -0.2) is 25.6 Å². The molecule has 3 N–H and O–H groups in total. The Bertz CT molecular complexity index is 767. The van der Waals surface area contributed by atoms with Crippen LogP contribution in [0.4, 0.5) is 4.39 Å². The van der Waals surface area contributed by atoms with Gasteiger partial charge in [0.25, 0.3) is 0 Å². The summed E-state index contributed by atoms with van der Waals surface area (Å²) in [4.78, 5) is 12.1. The average molecular weight is 419 g/mol. The third-order valence-electron chi connectivity index (χ3n) is 4.95. The highest BCUT2D eigenvalue weighted by Gasteiger charge is 2.46. The Morgan fingerprint density at radius 2 is 2.08 bits per heavy atom. The molecule has 1 amide bonds. The monoisotopic (exact) mass is 418 g/mol. The number of hydrogen-bond donors (Lipinski definition) is 2. The van der Waals surface area contributed by atoms with E-state index in [2.05, 4.69) is 20.7 Å². The molecule has 1 aromatic carbocycles. The maximum absolute atomic E-state index is 13.4. The minimum Gasteiger partial charge on any atom is -0.369 e. The highest BCUT2D eigenvalue weighted by Crippen LogP contribution is 2.42. The molecule has 5 nitrogen and oxygen atoms in total. The fraction of sp³-hybridized carbons (Fsp3) is 0.562. The van der Waals surface area contributed by atoms with E-state index in [0.29, 0.717) is 43.0 Å². The van der Waals surface area contributed by atoms with E-state index in [0.717, 1.165) is 5.56 Å². The molecule has 2 fully saturated rings. The molecule has 2 atom stereocenters. The van der Waals surface area contributed by atoms with Crippen LogP contribution in [0, 0.1) is 11.2 Å². The molecule has 0 heterocycles. The highest BCUT2D eigenvalue weighted by molar-refractivity contribution is 9.10. The molecule has 0 aromatic heterocycles. The molecule has 24 heavy (non-hydrogen) atoms. The summed E-state index contributed by atoms with van der Waals surface area (Å²) in [5.41, 5.74) is 5.65. The van der Waals surface area contributed by atoms with Gasteiger partial charge in [-0.3, -0.25) is 4.79 Å². The lowest BCUT2D eigenvalue weighted by atomic mass is 9.79. The van der Waals surface area contributed by atoms with E-state index in [1.807, 2.05) is 0 Å². The summed E-state index contributed by atoms with van der Waals surface area (Å²) < 4.78 is 40.6. The first-order valence-electron chi connectivity index (χ1n) is 7.97. The van der Waals surface area contributed by atoms with Crippen molar-refractivity contribution in [3.63, 3.8) is 0 Å². The second-order valence-corrected chi connectivity index (χ2v) is 9.72. The molecule has 2 saturated carbocycles. The van der Waals surface area contributed by atoms with E-state index in [4.69, 9.17) is 5.73 Å². The van der Waals surface area contributed by atoms with E-state index >= 15 is 0 Å². The molecule has 0 spiro atoms. The summed E-state index contributed by atoms with van der Waals surface area (Å²) in [5, 5.41) is -0.283. The number of nitrogens with one attached hydrogen (secondary N) is 1. The van der Waals surface area contributed by atoms with Gasteiger partial charge in [0.15, 0.2) is 0 Å². The van der Waals surface area contributed by atoms with E-state index in [1.165, 1.54) is 6.07 Å². The summed E-state index contributed by atoms with van der Waals surface area (Å²) in [6.07, 6.45) is 3.26. The van der Waals surface area contributed by atoms with Gasteiger partial charge in [0.2, 0.25) is 15.9 Å². The number of halogens is 2. The van der Waals surface area contributed by atoms with Crippen molar-refractivity contribution in [1.29, 1.82) is 0 Å². The van der Waals surface area contributed by atoms with Crippen LogP contribution in [0.1, 0.15) is 37.7 Å². The highest BCUT2D eigenvalue weighted by atomic mass is 79.9. The largest absolute Gasteiger partial charge is 0.369 e. The lowest BCUT2D eigenvalue weighted by Crippen LogP contribution is -2.40. The minimum atomic E-state index is -3.29. The molecule has 1 aromatic rings. The van der Waals surface area contributed by atoms with Gasteiger partial charge in [-0.2, -0.15) is 0 Å². The number of benzene rings is 1. The molecule has 0 saturated heterocycles. The predicted octanol–water partition coefficient (Wildman–Crippen LogP) is 2.24. The number of amides is 1. The Kier molecular flexibility index (Phi) is 4.74. The third-order valence-corrected chi connectivity index (χ3v) is 7.57. The molecule has 0 bridgehead atoms. The van der Waals surface area contributed by atoms with Crippen molar-refractivity contribution in [2.24, 2.45) is 11.1 Å². The second kappa shape index (κ2) is 6.38. The van der Waals surface area contributed by atoms with Gasteiger partial charge >= 0.3 is 0 Å². The number of rotatable bonds is 6. The molecule has 2 aliphatic carbocycles. The van der Waals surface area contributed by atoms with Gasteiger partial charge in [-0.1, -0.05) is 6.07 Å². The fourth-order valence-corrected chi connectivity index (χ4v) is 5.49. The Labute approximate surface area is 149 Å². The molecule has 132 valence electrons. The van der Waals surface area contributed by atoms with E-state index in [9.17, 15) is 17.6 Å². The minimum absolute atomic E-state index is 0.271. The maximum atomic E-state index is 13.4. The topological polar surface area (TPSA) is 89.3 Å². The van der Waals surface area contributed by atoms with E-state index in [1.54, 1.807) is 12.1 Å². The molecule has 0 radical (unpaired) electrons. The van der Waals surface area contributed by atoms with Gasteiger partial charge in [-0.15, -0.1) is 0 Å². The van der Waals surface area contributed by atoms with Crippen molar-refractivity contribution < 1.29 is 17.6 Å². The normalized spacial score (nSPS) is 27.3. The summed E-state index contributed by atoms with van der Waals surface area (Å²) in [6, 6.07) is 4.34. The molecule has 8 heteroatoms. The van der Waals surface area contributed by atoms with Crippen molar-refractivity contribution in [2.75, 3.05) is 0 Å². The zero-order valence-corrected chi connectivity index (χ0v) is 15.5. The number of nitrogens with two attached hydrogens (primary N) is 1. The first-order chi connectivity index (χ1) is 11.2. The summed E-state index contributed by atoms with van der Waals surface area (Å²) >= 11 is 3.14. The van der Waals surface area contributed by atoms with Crippen LogP contribution in [0.3, 0.4) is 0 Å². The van der Waals surface area contributed by atoms with Crippen molar-refractivity contribution in [2.45, 2.75) is 49.8 Å². The number of primary amides is 1. The third kappa shape index (κ3) is 3.65. The molecule has 3 rings (SSSR count). The van der Waals surface area contributed by atoms with Crippen LogP contribution in [0.5, 0.6) is 0 Å². The smallest absolute Gasteiger partial charge is 0.224 e. The summed E-state index contributed by atoms with van der Waals surface area (Å²) in [6.45, 7) is 0. The van der Waals surface area contributed by atoms with Gasteiger partial charge in [0.1, 0.15) is 5.82 Å². The number of hydrogen-bond acceptors (Lipinski definition) is 3. The Morgan fingerprint density at radius 1 is 1.38 bits per heavy atom. The molecule has 2 aliphatic rings. The fourth-order valence-electron chi connectivity index (χ4n) is 3.45. The van der Waals surface area contributed by atoms with Crippen molar-refractivity contribution in [3.8, 4) is 0 Å². The quantitative estimate of drug-likeness (QED) is 0.741. The van der Waals surface area contributed by atoms with Crippen LogP contribution in [0.25, 0.3) is 0 Å². The standard InChI is InChI=1S/C16H20BrFN2O3S/c17-13-7-10(1-4-14(13)18)8-16(15(19)21)6-5-11(9-16)20-24(22,23)12-2-3-12/h1,4,7,11-12,20H,2-3,5-6,8-9H2,(H2,19,21)/t11-,16+/m0/s1. The number of sulfonamides is 1. The lowest BCUT2D eigenvalue weighted by molar-refractivity contribution is -0.127. The Morgan fingerprint density at radius 3 is 2.67 bits per heavy atom. The number of carbonyl (C=O) groups excluding carboxylic acids is 1. The summed E-state index contributed by atoms with van der Waals surface area (Å²) in [5.74, 6) is -0.801. The van der Waals surface area contributed by atoms with Gasteiger partial charge < -0.3 is 5.73 Å². The van der Waals surface area contributed by atoms with E-state index < -0.39 is 21.3 Å². The zero-order chi connectivity index (χ0) is 17.5. The Hall–Kier alpha value is -0.990. The first-order valence-corrected chi connectivity index (χ1v) is 10.3. The van der Waals surface area contributed by atoms with Gasteiger partial charge in [0, 0.05) is 6.04 Å². The maximum Gasteiger partial charge on any atom is 0.224 e. The van der Waals surface area contributed by atoms with Crippen molar-refractivity contribution in [1.82, 2.24) is 4.72 Å². The van der Waals surface area contributed by atoms with Crippen molar-refractivity contribution in [3.05, 3.63) is 34.1 Å². The van der Waals surface area contributed by atoms with Crippen LogP contribution >= 0.6 is 15.9 Å². The van der Waals surface area contributed by atoms with Crippen LogP contribution in [-0.2, 0) is 21.2 Å². The van der Waals surface area contributed by atoms with Crippen LogP contribution in [0.2, 0.25) is 0 Å². The van der Waals surface area contributed by atoms with Gasteiger partial charge in [-0.05, 0) is 72.2 Å². The first kappa shape index (κ1) is 17.8. The predicted molar refractivity (Wildman–Crippen MR) is 92.1 cm³/mol. The lowest BCUT2D eigenvalue weighted by Gasteiger charge is -2.26. The van der Waals surface area contributed by atoms with E-state index in [-0.39, 0.29) is 17.1 Å². The zero-order valence-electron chi connectivity index (χ0n) is 13.1. The molecular formula is C16H20BrFN2O3S. The van der Waals surface area contributed by atoms with Crippen molar-refractivity contribution >= 4 is 31.9 Å². The summed E-state index contributed by atoms with van der Waals surface area (Å²) in [7, 11) is -3.29. The number of carbonyl (C=O) groups is 1. The average Bonchev–Trinajstić information content (AvgIpc) is 3.28. The Balaban J connectivity index is 1.75. The van der Waals surface area contributed by atoms with Crippen LogP contribution in [0.15, 0.2) is 22.7 Å². The SMILES string of the molecule is NC(=O)[C@@]1(Cc2ccc(F)c(Br)c2)CC[C@H](NS(=O)(=O)C2CC2)C1. The molecule has 0 aliphatic heterocycles. The molecule has 0 unspecified atom stereocenters. The van der Waals surface area contributed by atoms with Gasteiger partial charge in [0.05, 0.1) is 15.1 Å². The van der Waals surface area contributed by atoms with Crippen LogP contribution < -0.4 is 10.5 Å². The van der Waals surface area contributed by atoms with Gasteiger partial charge in [-0.25, -0.2) is 17.5 Å². The second-order valence-electron chi connectivity index (χ2n) is 6.87.